The Hall–Kier alpha value is -4.46. The van der Waals surface area contributed by atoms with Crippen LogP contribution in [0.5, 0.6) is 5.75 Å². The minimum absolute atomic E-state index is 0.0343. The summed E-state index contributed by atoms with van der Waals surface area (Å²) in [6.07, 6.45) is 2.38. The SMILES string of the molecule is CC(C)CC(NC(=O)C(Cc1cnc[nH]1)NC(=O)C(CC(N)=O)NC(=O)C(N)Cc1ccc(O)cc1)C(=O)O. The van der Waals surface area contributed by atoms with Gasteiger partial charge in [0.25, 0.3) is 0 Å². The number of nitrogens with one attached hydrogen (secondary N) is 4. The summed E-state index contributed by atoms with van der Waals surface area (Å²) in [7, 11) is 0. The molecule has 39 heavy (non-hydrogen) atoms. The van der Waals surface area contributed by atoms with Crippen LogP contribution in [0.4, 0.5) is 0 Å². The van der Waals surface area contributed by atoms with Gasteiger partial charge in [0.15, 0.2) is 0 Å². The highest BCUT2D eigenvalue weighted by molar-refractivity contribution is 5.96. The number of aromatic hydroxyl groups is 1. The Labute approximate surface area is 224 Å². The number of rotatable bonds is 15. The molecule has 0 radical (unpaired) electrons. The van der Waals surface area contributed by atoms with E-state index in [2.05, 4.69) is 25.9 Å². The zero-order valence-electron chi connectivity index (χ0n) is 21.7. The highest BCUT2D eigenvalue weighted by atomic mass is 16.4. The summed E-state index contributed by atoms with van der Waals surface area (Å²) in [5.74, 6) is -4.53. The number of primary amides is 1. The van der Waals surface area contributed by atoms with Crippen molar-refractivity contribution in [3.63, 3.8) is 0 Å². The van der Waals surface area contributed by atoms with Gasteiger partial charge in [-0.1, -0.05) is 26.0 Å². The van der Waals surface area contributed by atoms with Crippen molar-refractivity contribution in [3.8, 4) is 5.75 Å². The van der Waals surface area contributed by atoms with Gasteiger partial charge in [0.2, 0.25) is 23.6 Å². The molecule has 2 aromatic rings. The molecule has 10 N–H and O–H groups in total. The first kappa shape index (κ1) is 30.8. The molecule has 14 heteroatoms. The first-order valence-electron chi connectivity index (χ1n) is 12.3. The zero-order chi connectivity index (χ0) is 29.1. The average Bonchev–Trinajstić information content (AvgIpc) is 3.36. The lowest BCUT2D eigenvalue weighted by Gasteiger charge is -2.25. The van der Waals surface area contributed by atoms with E-state index in [1.807, 2.05) is 0 Å². The van der Waals surface area contributed by atoms with Gasteiger partial charge in [-0.3, -0.25) is 19.2 Å². The fourth-order valence-electron chi connectivity index (χ4n) is 3.73. The summed E-state index contributed by atoms with van der Waals surface area (Å²) >= 11 is 0. The number of nitrogens with zero attached hydrogens (tertiary/aromatic N) is 1. The van der Waals surface area contributed by atoms with Gasteiger partial charge >= 0.3 is 5.97 Å². The maximum Gasteiger partial charge on any atom is 0.326 e. The molecular weight excluding hydrogens is 510 g/mol. The van der Waals surface area contributed by atoms with Gasteiger partial charge in [-0.15, -0.1) is 0 Å². The lowest BCUT2D eigenvalue weighted by Crippen LogP contribution is -2.58. The minimum atomic E-state index is -1.45. The van der Waals surface area contributed by atoms with Crippen molar-refractivity contribution in [1.29, 1.82) is 0 Å². The number of aliphatic carboxylic acids is 1. The number of benzene rings is 1. The molecule has 14 nitrogen and oxygen atoms in total. The molecule has 0 bridgehead atoms. The Morgan fingerprint density at radius 3 is 2.05 bits per heavy atom. The molecule has 1 aromatic heterocycles. The number of amides is 4. The highest BCUT2D eigenvalue weighted by Gasteiger charge is 2.31. The maximum atomic E-state index is 13.1. The predicted molar refractivity (Wildman–Crippen MR) is 139 cm³/mol. The summed E-state index contributed by atoms with van der Waals surface area (Å²) in [4.78, 5) is 68.9. The van der Waals surface area contributed by atoms with Crippen molar-refractivity contribution in [2.24, 2.45) is 17.4 Å². The summed E-state index contributed by atoms with van der Waals surface area (Å²) in [6, 6.07) is 1.01. The topological polar surface area (TPSA) is 243 Å². The Morgan fingerprint density at radius 2 is 1.51 bits per heavy atom. The van der Waals surface area contributed by atoms with Crippen LogP contribution in [0, 0.1) is 5.92 Å². The third kappa shape index (κ3) is 10.4. The number of phenolic OH excluding ortho intramolecular Hbond substituents is 1. The van der Waals surface area contributed by atoms with Crippen LogP contribution in [0.2, 0.25) is 0 Å². The Kier molecular flexibility index (Phi) is 11.4. The fraction of sp³-hybridized carbons (Fsp3) is 0.440. The van der Waals surface area contributed by atoms with E-state index < -0.39 is 60.2 Å². The molecule has 0 fully saturated rings. The van der Waals surface area contributed by atoms with E-state index in [1.54, 1.807) is 26.0 Å². The largest absolute Gasteiger partial charge is 0.508 e. The smallest absolute Gasteiger partial charge is 0.326 e. The molecule has 4 amide bonds. The first-order valence-corrected chi connectivity index (χ1v) is 12.3. The third-order valence-electron chi connectivity index (χ3n) is 5.70. The number of phenols is 1. The van der Waals surface area contributed by atoms with Gasteiger partial charge in [0.1, 0.15) is 23.9 Å². The van der Waals surface area contributed by atoms with Gasteiger partial charge in [-0.05, 0) is 36.5 Å². The van der Waals surface area contributed by atoms with Crippen molar-refractivity contribution in [2.45, 2.75) is 63.7 Å². The molecule has 0 aliphatic rings. The fourth-order valence-corrected chi connectivity index (χ4v) is 3.73. The van der Waals surface area contributed by atoms with E-state index in [9.17, 15) is 34.2 Å². The van der Waals surface area contributed by atoms with Gasteiger partial charge in [0, 0.05) is 18.3 Å². The zero-order valence-corrected chi connectivity index (χ0v) is 21.7. The van der Waals surface area contributed by atoms with Crippen LogP contribution in [0.15, 0.2) is 36.8 Å². The van der Waals surface area contributed by atoms with Crippen molar-refractivity contribution in [3.05, 3.63) is 48.0 Å². The second kappa shape index (κ2) is 14.5. The molecule has 2 rings (SSSR count). The average molecular weight is 546 g/mol. The Balaban J connectivity index is 2.17. The van der Waals surface area contributed by atoms with Crippen LogP contribution in [0.1, 0.15) is 37.9 Å². The standard InChI is InChI=1S/C25H35N7O7/c1-13(2)7-20(25(38)39)32-23(36)18(9-15-11-28-12-29-15)31-24(37)19(10-21(27)34)30-22(35)17(26)8-14-3-5-16(33)6-4-14/h3-6,11-13,17-20,33H,7-10,26H2,1-2H3,(H2,27,34)(H,28,29)(H,30,35)(H,31,37)(H,32,36)(H,38,39). The van der Waals surface area contributed by atoms with Crippen LogP contribution in [0.25, 0.3) is 0 Å². The molecule has 212 valence electrons. The first-order chi connectivity index (χ1) is 18.3. The number of H-pyrrole nitrogens is 1. The van der Waals surface area contributed by atoms with Crippen molar-refractivity contribution in [1.82, 2.24) is 25.9 Å². The Morgan fingerprint density at radius 1 is 0.923 bits per heavy atom. The number of carbonyl (C=O) groups is 5. The summed E-state index contributed by atoms with van der Waals surface area (Å²) in [5, 5.41) is 26.2. The van der Waals surface area contributed by atoms with Crippen LogP contribution in [0.3, 0.4) is 0 Å². The number of carbonyl (C=O) groups excluding carboxylic acids is 4. The molecule has 4 atom stereocenters. The number of nitrogens with two attached hydrogens (primary N) is 2. The van der Waals surface area contributed by atoms with Crippen molar-refractivity contribution >= 4 is 29.6 Å². The van der Waals surface area contributed by atoms with Gasteiger partial charge < -0.3 is 42.6 Å². The van der Waals surface area contributed by atoms with Gasteiger partial charge in [-0.2, -0.15) is 0 Å². The number of aromatic nitrogens is 2. The molecule has 1 heterocycles. The van der Waals surface area contributed by atoms with Gasteiger partial charge in [0.05, 0.1) is 18.8 Å². The quantitative estimate of drug-likeness (QED) is 0.132. The number of aromatic amines is 1. The van der Waals surface area contributed by atoms with E-state index in [1.165, 1.54) is 24.7 Å². The van der Waals surface area contributed by atoms with E-state index in [0.29, 0.717) is 11.3 Å². The molecule has 4 unspecified atom stereocenters. The summed E-state index contributed by atoms with van der Waals surface area (Å²) in [5.41, 5.74) is 12.4. The molecular formula is C25H35N7O7. The molecule has 0 saturated carbocycles. The molecule has 0 aliphatic carbocycles. The molecule has 0 spiro atoms. The second-order valence-corrected chi connectivity index (χ2v) is 9.58. The molecule has 0 aliphatic heterocycles. The van der Waals surface area contributed by atoms with Crippen LogP contribution in [-0.4, -0.2) is 73.9 Å². The number of imidazole rings is 1. The van der Waals surface area contributed by atoms with Gasteiger partial charge in [-0.25, -0.2) is 9.78 Å². The van der Waals surface area contributed by atoms with Crippen LogP contribution in [-0.2, 0) is 36.8 Å². The molecule has 0 saturated heterocycles. The van der Waals surface area contributed by atoms with E-state index >= 15 is 0 Å². The predicted octanol–water partition coefficient (Wildman–Crippen LogP) is -1.31. The van der Waals surface area contributed by atoms with E-state index in [0.717, 1.165) is 0 Å². The lowest BCUT2D eigenvalue weighted by molar-refractivity contribution is -0.143. The molecule has 1 aromatic carbocycles. The van der Waals surface area contributed by atoms with Crippen LogP contribution < -0.4 is 27.4 Å². The van der Waals surface area contributed by atoms with Crippen molar-refractivity contribution in [2.75, 3.05) is 0 Å². The van der Waals surface area contributed by atoms with E-state index in [4.69, 9.17) is 11.5 Å². The van der Waals surface area contributed by atoms with Crippen LogP contribution >= 0.6 is 0 Å². The normalized spacial score (nSPS) is 14.1. The van der Waals surface area contributed by atoms with Crippen molar-refractivity contribution < 1.29 is 34.2 Å². The highest BCUT2D eigenvalue weighted by Crippen LogP contribution is 2.11. The number of carboxylic acids is 1. The lowest BCUT2D eigenvalue weighted by atomic mass is 10.0. The number of carboxylic acid groups (broad SMARTS) is 1. The number of hydrogen-bond donors (Lipinski definition) is 8. The van der Waals surface area contributed by atoms with E-state index in [-0.39, 0.29) is 30.9 Å². The Bertz CT molecular complexity index is 1140. The second-order valence-electron chi connectivity index (χ2n) is 9.58. The number of hydrogen-bond acceptors (Lipinski definition) is 8. The third-order valence-corrected chi connectivity index (χ3v) is 5.70. The minimum Gasteiger partial charge on any atom is -0.508 e. The monoisotopic (exact) mass is 545 g/mol. The summed E-state index contributed by atoms with van der Waals surface area (Å²) in [6.45, 7) is 3.60. The summed E-state index contributed by atoms with van der Waals surface area (Å²) < 4.78 is 0. The maximum absolute atomic E-state index is 13.1.